The van der Waals surface area contributed by atoms with Crippen molar-refractivity contribution >= 4 is 43.6 Å². The number of aromatic nitrogens is 4. The van der Waals surface area contributed by atoms with Crippen molar-refractivity contribution in [3.05, 3.63) is 228 Å². The van der Waals surface area contributed by atoms with E-state index in [0.717, 1.165) is 88.4 Å². The molecule has 9 aromatic carbocycles. The fraction of sp³-hybridized carbons (Fsp3) is 0. The molecular weight excluding hydrogens is 883 g/mol. The van der Waals surface area contributed by atoms with Gasteiger partial charge >= 0.3 is 0 Å². The fourth-order valence-electron chi connectivity index (χ4n) is 9.97. The summed E-state index contributed by atoms with van der Waals surface area (Å²) < 4.78 is 4.26. The Morgan fingerprint density at radius 2 is 0.681 bits per heavy atom. The molecule has 0 aliphatic heterocycles. The number of hydrogen-bond donors (Lipinski definition) is 0. The van der Waals surface area contributed by atoms with Gasteiger partial charge in [-0.2, -0.15) is 26.3 Å². The van der Waals surface area contributed by atoms with E-state index in [1.165, 1.54) is 0 Å². The van der Waals surface area contributed by atoms with E-state index in [1.807, 2.05) is 140 Å². The average Bonchev–Trinajstić information content (AvgIpc) is 3.96. The SMILES string of the molecule is N#Cc1cc(C#N)cc(-c2ccc3c(c2)c2ccccc2n3-c2cc(-c3nc(-c4ccccc4)cc(-c4ccccc4)n3)cc(-n3c4ccccc4c4cc(-c5cc(C#N)cc(C#N)c5)ccc43)c2C#N)c1. The van der Waals surface area contributed by atoms with Crippen LogP contribution in [0.3, 0.4) is 0 Å². The maximum atomic E-state index is 11.7. The number of hydrogen-bond acceptors (Lipinski definition) is 7. The van der Waals surface area contributed by atoms with E-state index in [-0.39, 0.29) is 0 Å². The van der Waals surface area contributed by atoms with Crippen molar-refractivity contribution in [2.24, 2.45) is 0 Å². The molecule has 12 rings (SSSR count). The smallest absolute Gasteiger partial charge is 0.160 e. The minimum Gasteiger partial charge on any atom is -0.308 e. The predicted molar refractivity (Wildman–Crippen MR) is 281 cm³/mol. The maximum absolute atomic E-state index is 11.7. The van der Waals surface area contributed by atoms with E-state index < -0.39 is 0 Å². The normalized spacial score (nSPS) is 11.0. The number of nitriles is 5. The third-order valence-electron chi connectivity index (χ3n) is 13.2. The van der Waals surface area contributed by atoms with Gasteiger partial charge in [0, 0.05) is 38.2 Å². The molecule has 12 aromatic rings. The highest BCUT2D eigenvalue weighted by atomic mass is 15.0. The highest BCUT2D eigenvalue weighted by molar-refractivity contribution is 6.12. The summed E-state index contributed by atoms with van der Waals surface area (Å²) in [5, 5.41) is 54.8. The largest absolute Gasteiger partial charge is 0.308 e. The second kappa shape index (κ2) is 17.3. The van der Waals surface area contributed by atoms with Crippen LogP contribution in [0.5, 0.6) is 0 Å². The van der Waals surface area contributed by atoms with Gasteiger partial charge in [-0.15, -0.1) is 0 Å². The summed E-state index contributed by atoms with van der Waals surface area (Å²) in [5.74, 6) is 0.463. The van der Waals surface area contributed by atoms with Crippen LogP contribution in [0.1, 0.15) is 27.8 Å². The average molecular weight is 916 g/mol. The van der Waals surface area contributed by atoms with Crippen molar-refractivity contribution in [2.45, 2.75) is 0 Å². The maximum Gasteiger partial charge on any atom is 0.160 e. The first-order chi connectivity index (χ1) is 35.4. The molecule has 330 valence electrons. The summed E-state index contributed by atoms with van der Waals surface area (Å²) in [6.07, 6.45) is 0. The first-order valence-corrected chi connectivity index (χ1v) is 23.0. The Morgan fingerprint density at radius 1 is 0.292 bits per heavy atom. The van der Waals surface area contributed by atoms with Gasteiger partial charge in [-0.3, -0.25) is 0 Å². The summed E-state index contributed by atoms with van der Waals surface area (Å²) in [4.78, 5) is 10.6. The Morgan fingerprint density at radius 3 is 1.08 bits per heavy atom. The molecule has 9 nitrogen and oxygen atoms in total. The first-order valence-electron chi connectivity index (χ1n) is 23.0. The fourth-order valence-corrected chi connectivity index (χ4v) is 9.97. The number of fused-ring (bicyclic) bond motifs is 6. The zero-order chi connectivity index (χ0) is 48.9. The lowest BCUT2D eigenvalue weighted by Crippen LogP contribution is -2.06. The Kier molecular flexibility index (Phi) is 10.2. The minimum atomic E-state index is 0.395. The Bertz CT molecular complexity index is 4110. The lowest BCUT2D eigenvalue weighted by Gasteiger charge is -2.18. The molecule has 0 atom stereocenters. The second-order valence-electron chi connectivity index (χ2n) is 17.4. The molecule has 3 aromatic heterocycles. The van der Waals surface area contributed by atoms with Gasteiger partial charge < -0.3 is 9.13 Å². The number of benzene rings is 9. The van der Waals surface area contributed by atoms with Gasteiger partial charge in [0.15, 0.2) is 5.82 Å². The van der Waals surface area contributed by atoms with Crippen LogP contribution >= 0.6 is 0 Å². The summed E-state index contributed by atoms with van der Waals surface area (Å²) in [6, 6.07) is 76.3. The summed E-state index contributed by atoms with van der Waals surface area (Å²) in [5.41, 5.74) is 13.7. The van der Waals surface area contributed by atoms with E-state index in [2.05, 4.69) is 63.7 Å². The van der Waals surface area contributed by atoms with Crippen molar-refractivity contribution in [1.82, 2.24) is 19.1 Å². The van der Waals surface area contributed by atoms with E-state index in [9.17, 15) is 26.3 Å². The molecule has 0 radical (unpaired) electrons. The van der Waals surface area contributed by atoms with E-state index in [1.54, 1.807) is 36.4 Å². The van der Waals surface area contributed by atoms with Gasteiger partial charge in [-0.05, 0) is 113 Å². The Hall–Kier alpha value is -10.9. The number of nitrogens with zero attached hydrogens (tertiary/aromatic N) is 9. The molecule has 0 aliphatic carbocycles. The van der Waals surface area contributed by atoms with Crippen molar-refractivity contribution in [3.8, 4) is 97.9 Å². The molecule has 0 bridgehead atoms. The Balaban J connectivity index is 1.17. The molecule has 0 N–H and O–H groups in total. The predicted octanol–water partition coefficient (Wildman–Crippen LogP) is 14.4. The minimum absolute atomic E-state index is 0.395. The Labute approximate surface area is 413 Å². The quantitative estimate of drug-likeness (QED) is 0.154. The van der Waals surface area contributed by atoms with Crippen LogP contribution in [0.25, 0.3) is 111 Å². The van der Waals surface area contributed by atoms with Crippen LogP contribution in [0.4, 0.5) is 0 Å². The molecule has 0 fully saturated rings. The van der Waals surface area contributed by atoms with Gasteiger partial charge in [-0.25, -0.2) is 9.97 Å². The van der Waals surface area contributed by atoms with Crippen LogP contribution in [-0.4, -0.2) is 19.1 Å². The van der Waals surface area contributed by atoms with Crippen LogP contribution < -0.4 is 0 Å². The zero-order valence-corrected chi connectivity index (χ0v) is 38.1. The molecule has 3 heterocycles. The van der Waals surface area contributed by atoms with Gasteiger partial charge in [0.2, 0.25) is 0 Å². The highest BCUT2D eigenvalue weighted by Gasteiger charge is 2.24. The standard InChI is InChI=1S/C63H33N9/c64-34-39-23-40(35-65)26-47(25-39)45-19-21-59-52(29-45)50-15-7-9-17-57(50)71(59)61-31-49(63-69-55(43-11-3-1-4-12-43)33-56(70-63)44-13-5-2-6-14-44)32-62(54(61)38-68)72-58-18-10-8-16-51(58)53-30-46(20-22-60(53)72)48-27-41(36-66)24-42(28-48)37-67/h1-33H. The van der Waals surface area contributed by atoms with Gasteiger partial charge in [0.1, 0.15) is 11.6 Å². The van der Waals surface area contributed by atoms with E-state index >= 15 is 0 Å². The van der Waals surface area contributed by atoms with E-state index in [0.29, 0.717) is 50.6 Å². The van der Waals surface area contributed by atoms with Crippen molar-refractivity contribution in [1.29, 1.82) is 26.3 Å². The lowest BCUT2D eigenvalue weighted by atomic mass is 9.98. The number of rotatable bonds is 7. The zero-order valence-electron chi connectivity index (χ0n) is 38.1. The summed E-state index contributed by atoms with van der Waals surface area (Å²) >= 11 is 0. The lowest BCUT2D eigenvalue weighted by molar-refractivity contribution is 1.11. The molecule has 0 saturated carbocycles. The van der Waals surface area contributed by atoms with Gasteiger partial charge in [0.25, 0.3) is 0 Å². The monoisotopic (exact) mass is 915 g/mol. The molecular formula is C63H33N9. The molecule has 72 heavy (non-hydrogen) atoms. The van der Waals surface area contributed by atoms with Crippen molar-refractivity contribution in [3.63, 3.8) is 0 Å². The molecule has 9 heteroatoms. The first kappa shape index (κ1) is 42.5. The van der Waals surface area contributed by atoms with Gasteiger partial charge in [-0.1, -0.05) is 109 Å². The third kappa shape index (κ3) is 7.15. The molecule has 0 spiro atoms. The number of para-hydroxylation sites is 2. The summed E-state index contributed by atoms with van der Waals surface area (Å²) in [7, 11) is 0. The molecule has 0 saturated heterocycles. The summed E-state index contributed by atoms with van der Waals surface area (Å²) in [6.45, 7) is 0. The molecule has 0 unspecified atom stereocenters. The van der Waals surface area contributed by atoms with Crippen molar-refractivity contribution in [2.75, 3.05) is 0 Å². The van der Waals surface area contributed by atoms with E-state index in [4.69, 9.17) is 9.97 Å². The van der Waals surface area contributed by atoms with Crippen LogP contribution in [-0.2, 0) is 0 Å². The van der Waals surface area contributed by atoms with Crippen LogP contribution in [0, 0.1) is 56.7 Å². The molecule has 0 amide bonds. The third-order valence-corrected chi connectivity index (χ3v) is 13.2. The van der Waals surface area contributed by atoms with Crippen molar-refractivity contribution < 1.29 is 0 Å². The topological polar surface area (TPSA) is 155 Å². The van der Waals surface area contributed by atoms with Gasteiger partial charge in [0.05, 0.1) is 91.4 Å². The van der Waals surface area contributed by atoms with Crippen LogP contribution in [0.2, 0.25) is 0 Å². The van der Waals surface area contributed by atoms with Crippen LogP contribution in [0.15, 0.2) is 200 Å². The second-order valence-corrected chi connectivity index (χ2v) is 17.4. The highest BCUT2D eigenvalue weighted by Crippen LogP contribution is 2.42. The molecule has 0 aliphatic rings.